The minimum absolute atomic E-state index is 0.0887. The van der Waals surface area contributed by atoms with Gasteiger partial charge >= 0.3 is 0 Å². The van der Waals surface area contributed by atoms with E-state index in [-0.39, 0.29) is 11.1 Å². The number of allylic oxidation sites excluding steroid dienone is 6. The van der Waals surface area contributed by atoms with Crippen molar-refractivity contribution in [1.82, 2.24) is 0 Å². The molecule has 0 N–H and O–H groups in total. The first-order chi connectivity index (χ1) is 7.76. The third-order valence-electron chi connectivity index (χ3n) is 2.24. The molecular weight excluding hydrogens is 200 g/mol. The molecule has 0 heterocycles. The molecule has 0 spiro atoms. The van der Waals surface area contributed by atoms with Gasteiger partial charge in [-0.15, -0.1) is 0 Å². The lowest BCUT2D eigenvalue weighted by atomic mass is 9.92. The predicted molar refractivity (Wildman–Crippen MR) is 54.9 cm³/mol. The Morgan fingerprint density at radius 1 is 0.750 bits per heavy atom. The van der Waals surface area contributed by atoms with E-state index >= 15 is 0 Å². The number of rotatable bonds is 0. The van der Waals surface area contributed by atoms with Crippen LogP contribution in [0.2, 0.25) is 0 Å². The van der Waals surface area contributed by atoms with Crippen LogP contribution in [0.4, 0.5) is 0 Å². The first kappa shape index (κ1) is 11.3. The van der Waals surface area contributed by atoms with Crippen molar-refractivity contribution in [3.05, 3.63) is 34.4 Å². The SMILES string of the molecule is N#CC(C#N)=C1C=CC(=C(C#N)C#N)CC1. The average Bonchev–Trinajstić information content (AvgIpc) is 2.34. The summed E-state index contributed by atoms with van der Waals surface area (Å²) < 4.78 is 0. The summed E-state index contributed by atoms with van der Waals surface area (Å²) in [5.41, 5.74) is 1.49. The van der Waals surface area contributed by atoms with Crippen molar-refractivity contribution in [3.8, 4) is 24.3 Å². The van der Waals surface area contributed by atoms with Crippen molar-refractivity contribution in [3.63, 3.8) is 0 Å². The lowest BCUT2D eigenvalue weighted by Crippen LogP contribution is -1.96. The second-order valence-corrected chi connectivity index (χ2v) is 3.08. The van der Waals surface area contributed by atoms with Gasteiger partial charge in [0.15, 0.2) is 0 Å². The molecule has 0 aromatic heterocycles. The molecule has 0 amide bonds. The van der Waals surface area contributed by atoms with Gasteiger partial charge in [0.2, 0.25) is 0 Å². The van der Waals surface area contributed by atoms with E-state index < -0.39 is 0 Å². The van der Waals surface area contributed by atoms with Gasteiger partial charge in [0.05, 0.1) is 0 Å². The summed E-state index contributed by atoms with van der Waals surface area (Å²) in [5.74, 6) is 0. The highest BCUT2D eigenvalue weighted by atomic mass is 14.3. The highest BCUT2D eigenvalue weighted by molar-refractivity contribution is 5.52. The van der Waals surface area contributed by atoms with Gasteiger partial charge in [-0.25, -0.2) is 0 Å². The number of nitriles is 4. The summed E-state index contributed by atoms with van der Waals surface area (Å²) >= 11 is 0. The largest absolute Gasteiger partial charge is 0.192 e. The van der Waals surface area contributed by atoms with E-state index in [4.69, 9.17) is 21.0 Å². The van der Waals surface area contributed by atoms with Crippen LogP contribution in [-0.4, -0.2) is 0 Å². The summed E-state index contributed by atoms with van der Waals surface area (Å²) in [6, 6.07) is 7.26. The minimum Gasteiger partial charge on any atom is -0.192 e. The van der Waals surface area contributed by atoms with Crippen molar-refractivity contribution in [2.24, 2.45) is 0 Å². The maximum Gasteiger partial charge on any atom is 0.132 e. The van der Waals surface area contributed by atoms with E-state index in [2.05, 4.69) is 0 Å². The highest BCUT2D eigenvalue weighted by Crippen LogP contribution is 2.25. The molecule has 0 fully saturated rings. The molecule has 0 aromatic carbocycles. The third-order valence-corrected chi connectivity index (χ3v) is 2.24. The first-order valence-corrected chi connectivity index (χ1v) is 4.51. The Morgan fingerprint density at radius 2 is 1.06 bits per heavy atom. The molecule has 4 nitrogen and oxygen atoms in total. The standard InChI is InChI=1S/C12H6N4/c13-5-11(6-14)9-1-2-10(4-3-9)12(7-15)8-16/h1-2H,3-4H2. The van der Waals surface area contributed by atoms with Gasteiger partial charge in [0.25, 0.3) is 0 Å². The van der Waals surface area contributed by atoms with Gasteiger partial charge in [-0.2, -0.15) is 21.0 Å². The van der Waals surface area contributed by atoms with Crippen LogP contribution in [-0.2, 0) is 0 Å². The summed E-state index contributed by atoms with van der Waals surface area (Å²) in [5, 5.41) is 34.7. The van der Waals surface area contributed by atoms with Crippen LogP contribution < -0.4 is 0 Å². The maximum atomic E-state index is 8.66. The molecule has 74 valence electrons. The fourth-order valence-electron chi connectivity index (χ4n) is 1.39. The van der Waals surface area contributed by atoms with Crippen LogP contribution in [0.25, 0.3) is 0 Å². The summed E-state index contributed by atoms with van der Waals surface area (Å²) in [6.45, 7) is 0. The molecule has 4 heteroatoms. The van der Waals surface area contributed by atoms with Crippen LogP contribution in [0.15, 0.2) is 34.4 Å². The van der Waals surface area contributed by atoms with Crippen LogP contribution in [0, 0.1) is 45.3 Å². The van der Waals surface area contributed by atoms with Gasteiger partial charge in [-0.1, -0.05) is 12.2 Å². The Bertz CT molecular complexity index is 478. The molecule has 1 rings (SSSR count). The molecule has 1 aliphatic carbocycles. The Balaban J connectivity index is 3.14. The monoisotopic (exact) mass is 206 g/mol. The Kier molecular flexibility index (Phi) is 3.63. The van der Waals surface area contributed by atoms with Crippen molar-refractivity contribution in [2.45, 2.75) is 12.8 Å². The van der Waals surface area contributed by atoms with Crippen LogP contribution in [0.5, 0.6) is 0 Å². The van der Waals surface area contributed by atoms with E-state index in [1.165, 1.54) is 0 Å². The molecule has 0 unspecified atom stereocenters. The fraction of sp³-hybridized carbons (Fsp3) is 0.167. The van der Waals surface area contributed by atoms with Gasteiger partial charge in [-0.3, -0.25) is 0 Å². The topological polar surface area (TPSA) is 95.2 Å². The normalized spacial score (nSPS) is 13.0. The van der Waals surface area contributed by atoms with Crippen LogP contribution in [0.3, 0.4) is 0 Å². The molecule has 0 atom stereocenters. The lowest BCUT2D eigenvalue weighted by Gasteiger charge is -2.10. The summed E-state index contributed by atoms with van der Waals surface area (Å²) in [4.78, 5) is 0. The molecule has 0 saturated heterocycles. The fourth-order valence-corrected chi connectivity index (χ4v) is 1.39. The zero-order chi connectivity index (χ0) is 12.0. The van der Waals surface area contributed by atoms with E-state index in [9.17, 15) is 0 Å². The van der Waals surface area contributed by atoms with E-state index in [0.29, 0.717) is 24.0 Å². The van der Waals surface area contributed by atoms with Crippen molar-refractivity contribution < 1.29 is 0 Å². The predicted octanol–water partition coefficient (Wildman–Crippen LogP) is 2.02. The number of hydrogen-bond acceptors (Lipinski definition) is 4. The summed E-state index contributed by atoms with van der Waals surface area (Å²) in [7, 11) is 0. The zero-order valence-corrected chi connectivity index (χ0v) is 8.36. The molecule has 0 radical (unpaired) electrons. The van der Waals surface area contributed by atoms with Gasteiger partial charge < -0.3 is 0 Å². The first-order valence-electron chi connectivity index (χ1n) is 4.51. The Morgan fingerprint density at radius 3 is 1.25 bits per heavy atom. The van der Waals surface area contributed by atoms with Crippen LogP contribution in [0.1, 0.15) is 12.8 Å². The summed E-state index contributed by atoms with van der Waals surface area (Å²) in [6.07, 6.45) is 4.26. The Labute approximate surface area is 93.2 Å². The molecule has 0 bridgehead atoms. The third kappa shape index (κ3) is 2.16. The van der Waals surface area contributed by atoms with E-state index in [1.807, 2.05) is 24.3 Å². The van der Waals surface area contributed by atoms with Crippen molar-refractivity contribution in [2.75, 3.05) is 0 Å². The molecule has 16 heavy (non-hydrogen) atoms. The minimum atomic E-state index is 0.0887. The molecule has 1 aliphatic rings. The van der Waals surface area contributed by atoms with Gasteiger partial charge in [-0.05, 0) is 24.0 Å². The quantitative estimate of drug-likeness (QED) is 0.566. The number of nitrogens with zero attached hydrogens (tertiary/aromatic N) is 4. The second-order valence-electron chi connectivity index (χ2n) is 3.08. The maximum absolute atomic E-state index is 8.66. The molecule has 0 aliphatic heterocycles. The smallest absolute Gasteiger partial charge is 0.132 e. The van der Waals surface area contributed by atoms with E-state index in [0.717, 1.165) is 0 Å². The lowest BCUT2D eigenvalue weighted by molar-refractivity contribution is 0.937. The molecule has 0 aromatic rings. The zero-order valence-electron chi connectivity index (χ0n) is 8.36. The van der Waals surface area contributed by atoms with Crippen LogP contribution >= 0.6 is 0 Å². The highest BCUT2D eigenvalue weighted by Gasteiger charge is 2.12. The average molecular weight is 206 g/mol. The molecular formula is C12H6N4. The van der Waals surface area contributed by atoms with Gasteiger partial charge in [0.1, 0.15) is 35.4 Å². The van der Waals surface area contributed by atoms with Gasteiger partial charge in [0, 0.05) is 0 Å². The number of hydrogen-bond donors (Lipinski definition) is 0. The Hall–Kier alpha value is -2.82. The van der Waals surface area contributed by atoms with Crippen molar-refractivity contribution in [1.29, 1.82) is 21.0 Å². The second kappa shape index (κ2) is 5.16. The van der Waals surface area contributed by atoms with E-state index in [1.54, 1.807) is 12.2 Å². The van der Waals surface area contributed by atoms with Crippen molar-refractivity contribution >= 4 is 0 Å². The molecule has 0 saturated carbocycles.